The van der Waals surface area contributed by atoms with Gasteiger partial charge in [-0.05, 0) is 31.5 Å². The summed E-state index contributed by atoms with van der Waals surface area (Å²) in [5.41, 5.74) is 5.64. The molecule has 0 heterocycles. The smallest absolute Gasteiger partial charge is 0.255 e. The van der Waals surface area contributed by atoms with Crippen LogP contribution in [0.25, 0.3) is 0 Å². The van der Waals surface area contributed by atoms with Gasteiger partial charge in [0.25, 0.3) is 5.91 Å². The first-order valence-corrected chi connectivity index (χ1v) is 5.48. The van der Waals surface area contributed by atoms with Crippen LogP contribution in [0.15, 0.2) is 18.2 Å². The van der Waals surface area contributed by atoms with E-state index in [9.17, 15) is 9.90 Å². The molecule has 1 rings (SSSR count). The van der Waals surface area contributed by atoms with Crippen LogP contribution in [-0.2, 0) is 0 Å². The number of phenolic OH excluding ortho intramolecular Hbond substituents is 2. The highest BCUT2D eigenvalue weighted by atomic mass is 16.3. The number of phenols is 2. The normalized spacial score (nSPS) is 14.1. The van der Waals surface area contributed by atoms with E-state index in [1.165, 1.54) is 12.1 Å². The number of nitrogens with two attached hydrogens (primary N) is 1. The van der Waals surface area contributed by atoms with Gasteiger partial charge in [-0.25, -0.2) is 0 Å². The summed E-state index contributed by atoms with van der Waals surface area (Å²) in [6.45, 7) is 4.26. The SMILES string of the molecule is CC(CN)C(C)NC(=O)c1ccc(O)cc1O. The molecule has 94 valence electrons. The minimum atomic E-state index is -0.379. The van der Waals surface area contributed by atoms with Crippen LogP contribution >= 0.6 is 0 Å². The summed E-state index contributed by atoms with van der Waals surface area (Å²) in [4.78, 5) is 11.8. The number of carbonyl (C=O) groups excluding carboxylic acids is 1. The second kappa shape index (κ2) is 5.54. The lowest BCUT2D eigenvalue weighted by Gasteiger charge is -2.19. The molecule has 0 aliphatic heterocycles. The molecular formula is C12H18N2O3. The molecule has 17 heavy (non-hydrogen) atoms. The Morgan fingerprint density at radius 3 is 2.59 bits per heavy atom. The zero-order chi connectivity index (χ0) is 13.0. The zero-order valence-corrected chi connectivity index (χ0v) is 9.97. The number of carbonyl (C=O) groups is 1. The number of benzene rings is 1. The van der Waals surface area contributed by atoms with Crippen molar-refractivity contribution >= 4 is 5.91 Å². The minimum absolute atomic E-state index is 0.0811. The van der Waals surface area contributed by atoms with E-state index in [4.69, 9.17) is 10.8 Å². The molecule has 0 aromatic heterocycles. The molecule has 5 N–H and O–H groups in total. The van der Waals surface area contributed by atoms with Gasteiger partial charge in [-0.15, -0.1) is 0 Å². The lowest BCUT2D eigenvalue weighted by molar-refractivity contribution is 0.0927. The van der Waals surface area contributed by atoms with Crippen LogP contribution in [0.5, 0.6) is 11.5 Å². The molecule has 2 unspecified atom stereocenters. The van der Waals surface area contributed by atoms with Crippen LogP contribution in [0.1, 0.15) is 24.2 Å². The summed E-state index contributed by atoms with van der Waals surface area (Å²) >= 11 is 0. The highest BCUT2D eigenvalue weighted by Gasteiger charge is 2.17. The average Bonchev–Trinajstić information content (AvgIpc) is 2.27. The Morgan fingerprint density at radius 2 is 2.06 bits per heavy atom. The van der Waals surface area contributed by atoms with Crippen molar-refractivity contribution in [3.63, 3.8) is 0 Å². The van der Waals surface area contributed by atoms with Gasteiger partial charge in [0, 0.05) is 12.1 Å². The predicted molar refractivity (Wildman–Crippen MR) is 64.9 cm³/mol. The molecule has 5 nitrogen and oxygen atoms in total. The number of hydrogen-bond donors (Lipinski definition) is 4. The maximum atomic E-state index is 11.8. The van der Waals surface area contributed by atoms with E-state index >= 15 is 0 Å². The third kappa shape index (κ3) is 3.35. The average molecular weight is 238 g/mol. The van der Waals surface area contributed by atoms with E-state index in [1.807, 2.05) is 13.8 Å². The van der Waals surface area contributed by atoms with Crippen molar-refractivity contribution in [3.05, 3.63) is 23.8 Å². The molecule has 1 amide bonds. The van der Waals surface area contributed by atoms with Crippen LogP contribution in [0, 0.1) is 5.92 Å². The van der Waals surface area contributed by atoms with Gasteiger partial charge in [0.05, 0.1) is 5.56 Å². The summed E-state index contributed by atoms with van der Waals surface area (Å²) in [6, 6.07) is 3.78. The predicted octanol–water partition coefficient (Wildman–Crippen LogP) is 0.811. The molecule has 0 aliphatic rings. The largest absolute Gasteiger partial charge is 0.508 e. The Kier molecular flexibility index (Phi) is 4.34. The summed E-state index contributed by atoms with van der Waals surface area (Å²) in [7, 11) is 0. The summed E-state index contributed by atoms with van der Waals surface area (Å²) in [5, 5.41) is 21.4. The van der Waals surface area contributed by atoms with Gasteiger partial charge in [0.2, 0.25) is 0 Å². The van der Waals surface area contributed by atoms with Crippen LogP contribution in [0.2, 0.25) is 0 Å². The Labute approximate surface area is 100 Å². The lowest BCUT2D eigenvalue weighted by atomic mass is 10.0. The van der Waals surface area contributed by atoms with E-state index in [1.54, 1.807) is 0 Å². The molecule has 5 heteroatoms. The van der Waals surface area contributed by atoms with Crippen molar-refractivity contribution < 1.29 is 15.0 Å². The number of aromatic hydroxyl groups is 2. The van der Waals surface area contributed by atoms with Crippen LogP contribution in [0.3, 0.4) is 0 Å². The van der Waals surface area contributed by atoms with Crippen molar-refractivity contribution in [2.45, 2.75) is 19.9 Å². The van der Waals surface area contributed by atoms with Crippen molar-refractivity contribution in [2.75, 3.05) is 6.54 Å². The Morgan fingerprint density at radius 1 is 1.41 bits per heavy atom. The Balaban J connectivity index is 2.76. The fraction of sp³-hybridized carbons (Fsp3) is 0.417. The molecule has 2 atom stereocenters. The van der Waals surface area contributed by atoms with Crippen molar-refractivity contribution in [3.8, 4) is 11.5 Å². The van der Waals surface area contributed by atoms with Gasteiger partial charge < -0.3 is 21.3 Å². The van der Waals surface area contributed by atoms with Crippen molar-refractivity contribution in [1.29, 1.82) is 0 Å². The number of amides is 1. The zero-order valence-electron chi connectivity index (χ0n) is 9.97. The highest BCUT2D eigenvalue weighted by molar-refractivity contribution is 5.97. The minimum Gasteiger partial charge on any atom is -0.508 e. The summed E-state index contributed by atoms with van der Waals surface area (Å²) in [6.07, 6.45) is 0. The molecule has 1 aromatic carbocycles. The topological polar surface area (TPSA) is 95.6 Å². The Bertz CT molecular complexity index is 407. The molecule has 0 radical (unpaired) electrons. The maximum absolute atomic E-state index is 11.8. The molecule has 0 bridgehead atoms. The van der Waals surface area contributed by atoms with Crippen molar-refractivity contribution in [2.24, 2.45) is 11.7 Å². The van der Waals surface area contributed by atoms with Gasteiger partial charge in [0.15, 0.2) is 0 Å². The van der Waals surface area contributed by atoms with E-state index in [0.717, 1.165) is 6.07 Å². The van der Waals surface area contributed by atoms with Crippen molar-refractivity contribution in [1.82, 2.24) is 5.32 Å². The van der Waals surface area contributed by atoms with E-state index in [-0.39, 0.29) is 34.9 Å². The molecule has 1 aromatic rings. The molecular weight excluding hydrogens is 220 g/mol. The van der Waals surface area contributed by atoms with E-state index in [2.05, 4.69) is 5.32 Å². The molecule has 0 saturated heterocycles. The van der Waals surface area contributed by atoms with Gasteiger partial charge >= 0.3 is 0 Å². The fourth-order valence-electron chi connectivity index (χ4n) is 1.34. The lowest BCUT2D eigenvalue weighted by Crippen LogP contribution is -2.39. The van der Waals surface area contributed by atoms with Crippen LogP contribution < -0.4 is 11.1 Å². The van der Waals surface area contributed by atoms with E-state index in [0.29, 0.717) is 6.54 Å². The summed E-state index contributed by atoms with van der Waals surface area (Å²) in [5.74, 6) is -0.550. The number of nitrogens with one attached hydrogen (secondary N) is 1. The molecule has 0 spiro atoms. The summed E-state index contributed by atoms with van der Waals surface area (Å²) < 4.78 is 0. The van der Waals surface area contributed by atoms with Gasteiger partial charge in [-0.1, -0.05) is 6.92 Å². The first-order valence-electron chi connectivity index (χ1n) is 5.48. The van der Waals surface area contributed by atoms with Crippen LogP contribution in [-0.4, -0.2) is 28.7 Å². The maximum Gasteiger partial charge on any atom is 0.255 e. The second-order valence-corrected chi connectivity index (χ2v) is 4.18. The van der Waals surface area contributed by atoms with Crippen LogP contribution in [0.4, 0.5) is 0 Å². The third-order valence-corrected chi connectivity index (χ3v) is 2.81. The number of rotatable bonds is 4. The second-order valence-electron chi connectivity index (χ2n) is 4.18. The quantitative estimate of drug-likeness (QED) is 0.624. The molecule has 0 aliphatic carbocycles. The molecule has 0 saturated carbocycles. The first-order chi connectivity index (χ1) is 7.95. The monoisotopic (exact) mass is 238 g/mol. The van der Waals surface area contributed by atoms with Gasteiger partial charge in [0.1, 0.15) is 11.5 Å². The standard InChI is InChI=1S/C12H18N2O3/c1-7(6-13)8(2)14-12(17)10-4-3-9(15)5-11(10)16/h3-5,7-8,15-16H,6,13H2,1-2H3,(H,14,17). The van der Waals surface area contributed by atoms with E-state index < -0.39 is 0 Å². The third-order valence-electron chi connectivity index (χ3n) is 2.81. The Hall–Kier alpha value is -1.75. The highest BCUT2D eigenvalue weighted by Crippen LogP contribution is 2.22. The fourth-order valence-corrected chi connectivity index (χ4v) is 1.34. The van der Waals surface area contributed by atoms with Gasteiger partial charge in [-0.2, -0.15) is 0 Å². The number of hydrogen-bond acceptors (Lipinski definition) is 4. The van der Waals surface area contributed by atoms with Gasteiger partial charge in [-0.3, -0.25) is 4.79 Å². The molecule has 0 fully saturated rings. The first kappa shape index (κ1) is 13.3.